The fourth-order valence-corrected chi connectivity index (χ4v) is 3.41. The highest BCUT2D eigenvalue weighted by Crippen LogP contribution is 2.33. The van der Waals surface area contributed by atoms with Gasteiger partial charge < -0.3 is 10.2 Å². The number of carbonyl (C=O) groups excluding carboxylic acids is 1. The Bertz CT molecular complexity index is 818. The van der Waals surface area contributed by atoms with E-state index in [9.17, 15) is 14.9 Å². The van der Waals surface area contributed by atoms with Crippen LogP contribution in [0.5, 0.6) is 0 Å². The first-order valence-corrected chi connectivity index (χ1v) is 9.16. The number of carbonyl (C=O) groups is 1. The smallest absolute Gasteiger partial charge is 0.293 e. The number of amides is 1. The van der Waals surface area contributed by atoms with Gasteiger partial charge in [-0.1, -0.05) is 22.0 Å². The number of piperidine rings is 1. The SMILES string of the molecule is Cc1ccc(NC(=O)C2CCN(c3ccc(Br)cc3[N+](=O)[O-])CC2)nc1. The number of pyridine rings is 1. The first-order chi connectivity index (χ1) is 12.4. The molecule has 0 spiro atoms. The Morgan fingerprint density at radius 1 is 1.31 bits per heavy atom. The summed E-state index contributed by atoms with van der Waals surface area (Å²) in [4.78, 5) is 29.5. The predicted octanol–water partition coefficient (Wildman–Crippen LogP) is 3.92. The van der Waals surface area contributed by atoms with Gasteiger partial charge in [0.15, 0.2) is 0 Å². The maximum absolute atomic E-state index is 12.4. The van der Waals surface area contributed by atoms with Gasteiger partial charge in [0.05, 0.1) is 4.92 Å². The number of rotatable bonds is 4. The van der Waals surface area contributed by atoms with Gasteiger partial charge in [-0.25, -0.2) is 4.98 Å². The summed E-state index contributed by atoms with van der Waals surface area (Å²) in [7, 11) is 0. The van der Waals surface area contributed by atoms with Crippen molar-refractivity contribution in [2.24, 2.45) is 5.92 Å². The van der Waals surface area contributed by atoms with Crippen molar-refractivity contribution in [1.82, 2.24) is 4.98 Å². The highest BCUT2D eigenvalue weighted by atomic mass is 79.9. The third kappa shape index (κ3) is 4.19. The number of halogens is 1. The van der Waals surface area contributed by atoms with Gasteiger partial charge in [-0.2, -0.15) is 0 Å². The van der Waals surface area contributed by atoms with Crippen LogP contribution in [0.15, 0.2) is 41.0 Å². The molecular formula is C18H19BrN4O3. The molecule has 26 heavy (non-hydrogen) atoms. The van der Waals surface area contributed by atoms with Crippen LogP contribution in [0.2, 0.25) is 0 Å². The number of nitrogens with zero attached hydrogens (tertiary/aromatic N) is 3. The largest absolute Gasteiger partial charge is 0.366 e. The van der Waals surface area contributed by atoms with Gasteiger partial charge in [-0.15, -0.1) is 0 Å². The summed E-state index contributed by atoms with van der Waals surface area (Å²) >= 11 is 3.27. The fraction of sp³-hybridized carbons (Fsp3) is 0.333. The molecule has 0 saturated carbocycles. The lowest BCUT2D eigenvalue weighted by molar-refractivity contribution is -0.384. The summed E-state index contributed by atoms with van der Waals surface area (Å²) in [5.41, 5.74) is 1.70. The summed E-state index contributed by atoms with van der Waals surface area (Å²) in [6.07, 6.45) is 3.00. The number of anilines is 2. The first kappa shape index (κ1) is 18.3. The molecule has 8 heteroatoms. The maximum Gasteiger partial charge on any atom is 0.293 e. The summed E-state index contributed by atoms with van der Waals surface area (Å²) in [5.74, 6) is 0.377. The van der Waals surface area contributed by atoms with Crippen molar-refractivity contribution in [3.8, 4) is 0 Å². The van der Waals surface area contributed by atoms with Crippen LogP contribution in [0.4, 0.5) is 17.2 Å². The minimum atomic E-state index is -0.373. The minimum Gasteiger partial charge on any atom is -0.366 e. The molecule has 1 aliphatic heterocycles. The molecule has 1 amide bonds. The second-order valence-corrected chi connectivity index (χ2v) is 7.28. The first-order valence-electron chi connectivity index (χ1n) is 8.36. The number of aryl methyl sites for hydroxylation is 1. The molecule has 1 aliphatic rings. The molecule has 0 unspecified atom stereocenters. The van der Waals surface area contributed by atoms with Gasteiger partial charge in [0, 0.05) is 35.7 Å². The van der Waals surface area contributed by atoms with Gasteiger partial charge in [-0.3, -0.25) is 14.9 Å². The summed E-state index contributed by atoms with van der Waals surface area (Å²) in [5, 5.41) is 14.2. The van der Waals surface area contributed by atoms with Crippen molar-refractivity contribution in [2.75, 3.05) is 23.3 Å². The van der Waals surface area contributed by atoms with E-state index < -0.39 is 0 Å². The van der Waals surface area contributed by atoms with E-state index in [2.05, 4.69) is 26.2 Å². The molecule has 0 atom stereocenters. The van der Waals surface area contributed by atoms with E-state index in [0.29, 0.717) is 41.9 Å². The number of nitro benzene ring substituents is 1. The summed E-state index contributed by atoms with van der Waals surface area (Å²) < 4.78 is 0.674. The molecule has 1 saturated heterocycles. The van der Waals surface area contributed by atoms with Gasteiger partial charge in [0.1, 0.15) is 11.5 Å². The van der Waals surface area contributed by atoms with Gasteiger partial charge in [-0.05, 0) is 43.5 Å². The van der Waals surface area contributed by atoms with E-state index >= 15 is 0 Å². The van der Waals surface area contributed by atoms with E-state index in [0.717, 1.165) is 5.56 Å². The van der Waals surface area contributed by atoms with Crippen molar-refractivity contribution >= 4 is 39.0 Å². The highest BCUT2D eigenvalue weighted by molar-refractivity contribution is 9.10. The van der Waals surface area contributed by atoms with Crippen molar-refractivity contribution in [3.63, 3.8) is 0 Å². The molecule has 1 aromatic heterocycles. The van der Waals surface area contributed by atoms with Crippen molar-refractivity contribution in [3.05, 3.63) is 56.7 Å². The molecule has 2 heterocycles. The quantitative estimate of drug-likeness (QED) is 0.600. The highest BCUT2D eigenvalue weighted by Gasteiger charge is 2.28. The van der Waals surface area contributed by atoms with E-state index in [-0.39, 0.29) is 22.4 Å². The topological polar surface area (TPSA) is 88.4 Å². The molecule has 3 rings (SSSR count). The molecule has 7 nitrogen and oxygen atoms in total. The van der Waals surface area contributed by atoms with Gasteiger partial charge in [0.2, 0.25) is 5.91 Å². The number of benzene rings is 1. The maximum atomic E-state index is 12.4. The number of nitrogens with one attached hydrogen (secondary N) is 1. The van der Waals surface area contributed by atoms with Crippen molar-refractivity contribution in [2.45, 2.75) is 19.8 Å². The Morgan fingerprint density at radius 2 is 2.04 bits per heavy atom. The Balaban J connectivity index is 1.63. The van der Waals surface area contributed by atoms with E-state index in [1.165, 1.54) is 6.07 Å². The lowest BCUT2D eigenvalue weighted by atomic mass is 9.95. The normalized spacial score (nSPS) is 14.9. The van der Waals surface area contributed by atoms with Crippen LogP contribution >= 0.6 is 15.9 Å². The van der Waals surface area contributed by atoms with Crippen LogP contribution in [-0.2, 0) is 4.79 Å². The van der Waals surface area contributed by atoms with Crippen LogP contribution in [-0.4, -0.2) is 28.9 Å². The third-order valence-electron chi connectivity index (χ3n) is 4.50. The van der Waals surface area contributed by atoms with Crippen molar-refractivity contribution < 1.29 is 9.72 Å². The lowest BCUT2D eigenvalue weighted by Crippen LogP contribution is -2.38. The summed E-state index contributed by atoms with van der Waals surface area (Å²) in [6, 6.07) is 8.74. The Hall–Kier alpha value is -2.48. The average molecular weight is 419 g/mol. The van der Waals surface area contributed by atoms with Crippen LogP contribution < -0.4 is 10.2 Å². The van der Waals surface area contributed by atoms with Gasteiger partial charge in [0.25, 0.3) is 5.69 Å². The number of hydrogen-bond acceptors (Lipinski definition) is 5. The number of aromatic nitrogens is 1. The molecule has 1 fully saturated rings. The van der Waals surface area contributed by atoms with E-state index in [1.54, 1.807) is 24.4 Å². The van der Waals surface area contributed by atoms with Gasteiger partial charge >= 0.3 is 0 Å². The Kier molecular flexibility index (Phi) is 5.51. The fourth-order valence-electron chi connectivity index (χ4n) is 3.06. The molecule has 0 aliphatic carbocycles. The predicted molar refractivity (Wildman–Crippen MR) is 103 cm³/mol. The zero-order valence-corrected chi connectivity index (χ0v) is 15.9. The zero-order chi connectivity index (χ0) is 18.7. The molecule has 2 aromatic rings. The lowest BCUT2D eigenvalue weighted by Gasteiger charge is -2.32. The average Bonchev–Trinajstić information content (AvgIpc) is 2.63. The second kappa shape index (κ2) is 7.82. The molecule has 0 radical (unpaired) electrons. The van der Waals surface area contributed by atoms with Crippen molar-refractivity contribution in [1.29, 1.82) is 0 Å². The number of hydrogen-bond donors (Lipinski definition) is 1. The second-order valence-electron chi connectivity index (χ2n) is 6.36. The van der Waals surface area contributed by atoms with Crippen LogP contribution in [0.25, 0.3) is 0 Å². The molecule has 1 aromatic carbocycles. The van der Waals surface area contributed by atoms with E-state index in [4.69, 9.17) is 0 Å². The Labute approximate surface area is 159 Å². The standard InChI is InChI=1S/C18H19BrN4O3/c1-12-2-5-17(20-11-12)21-18(24)13-6-8-22(9-7-13)15-4-3-14(19)10-16(15)23(25)26/h2-5,10-11,13H,6-9H2,1H3,(H,20,21,24). The molecule has 1 N–H and O–H groups in total. The third-order valence-corrected chi connectivity index (χ3v) is 5.00. The minimum absolute atomic E-state index is 0.0497. The Morgan fingerprint density at radius 3 is 2.65 bits per heavy atom. The zero-order valence-electron chi connectivity index (χ0n) is 14.3. The molecule has 136 valence electrons. The van der Waals surface area contributed by atoms with Crippen LogP contribution in [0, 0.1) is 23.0 Å². The summed E-state index contributed by atoms with van der Waals surface area (Å²) in [6.45, 7) is 3.14. The molecule has 0 bridgehead atoms. The van der Waals surface area contributed by atoms with Crippen LogP contribution in [0.1, 0.15) is 18.4 Å². The van der Waals surface area contributed by atoms with E-state index in [1.807, 2.05) is 17.9 Å². The number of nitro groups is 1. The molecular weight excluding hydrogens is 400 g/mol. The monoisotopic (exact) mass is 418 g/mol. The van der Waals surface area contributed by atoms with Crippen LogP contribution in [0.3, 0.4) is 0 Å².